The van der Waals surface area contributed by atoms with Crippen LogP contribution in [0.3, 0.4) is 0 Å². The monoisotopic (exact) mass is 1190 g/mol. The van der Waals surface area contributed by atoms with Gasteiger partial charge in [0, 0.05) is 6.42 Å². The van der Waals surface area contributed by atoms with Crippen molar-refractivity contribution in [1.82, 2.24) is 5.32 Å². The molecule has 1 amide bonds. The summed E-state index contributed by atoms with van der Waals surface area (Å²) in [5.41, 5.74) is 0. The number of unbranched alkanes of at least 4 members (excludes halogenated alkanes) is 58. The van der Waals surface area contributed by atoms with E-state index in [1.807, 2.05) is 27.2 Å². The van der Waals surface area contributed by atoms with Crippen molar-refractivity contribution in [3.05, 3.63) is 12.2 Å². The fourth-order valence-corrected chi connectivity index (χ4v) is 12.7. The van der Waals surface area contributed by atoms with Crippen molar-refractivity contribution < 1.29 is 32.9 Å². The third kappa shape index (κ3) is 68.6. The van der Waals surface area contributed by atoms with Gasteiger partial charge >= 0.3 is 7.82 Å². The van der Waals surface area contributed by atoms with Gasteiger partial charge in [-0.05, 0) is 19.3 Å². The molecule has 0 aromatic carbocycles. The van der Waals surface area contributed by atoms with Gasteiger partial charge < -0.3 is 19.8 Å². The number of nitrogens with zero attached hydrogens (tertiary/aromatic N) is 1. The molecule has 3 atom stereocenters. The van der Waals surface area contributed by atoms with Gasteiger partial charge in [0.25, 0.3) is 0 Å². The van der Waals surface area contributed by atoms with Gasteiger partial charge in [-0.25, -0.2) is 4.57 Å². The van der Waals surface area contributed by atoms with Gasteiger partial charge in [0.15, 0.2) is 0 Å². The molecule has 0 aliphatic rings. The highest BCUT2D eigenvalue weighted by atomic mass is 31.2. The Labute approximate surface area is 520 Å². The van der Waals surface area contributed by atoms with Crippen LogP contribution in [-0.2, 0) is 18.4 Å². The Balaban J connectivity index is 3.89. The van der Waals surface area contributed by atoms with Crippen LogP contribution < -0.4 is 5.32 Å². The molecule has 0 fully saturated rings. The van der Waals surface area contributed by atoms with Crippen molar-refractivity contribution in [1.29, 1.82) is 0 Å². The summed E-state index contributed by atoms with van der Waals surface area (Å²) in [4.78, 5) is 23.4. The second-order valence-corrected chi connectivity index (χ2v) is 28.8. The minimum Gasteiger partial charge on any atom is -0.387 e. The highest BCUT2D eigenvalue weighted by molar-refractivity contribution is 7.47. The molecule has 3 unspecified atom stereocenters. The molecular formula is C74H150N2O6P+. The maximum Gasteiger partial charge on any atom is 0.472 e. The molecule has 0 bridgehead atoms. The minimum atomic E-state index is -4.35. The van der Waals surface area contributed by atoms with Crippen molar-refractivity contribution in [3.8, 4) is 0 Å². The van der Waals surface area contributed by atoms with Crippen molar-refractivity contribution in [2.24, 2.45) is 0 Å². The van der Waals surface area contributed by atoms with Crippen molar-refractivity contribution in [2.45, 2.75) is 418 Å². The lowest BCUT2D eigenvalue weighted by molar-refractivity contribution is -0.870. The Morgan fingerprint density at radius 3 is 0.892 bits per heavy atom. The van der Waals surface area contributed by atoms with Crippen LogP contribution in [-0.4, -0.2) is 73.4 Å². The van der Waals surface area contributed by atoms with E-state index in [4.69, 9.17) is 9.05 Å². The molecule has 0 aliphatic carbocycles. The molecular weight excluding hydrogens is 1040 g/mol. The Kier molecular flexibility index (Phi) is 65.1. The second kappa shape index (κ2) is 65.7. The average molecular weight is 1190 g/mol. The molecule has 0 aromatic heterocycles. The average Bonchev–Trinajstić information content (AvgIpc) is 3.50. The first-order valence-electron chi connectivity index (χ1n) is 37.6. The lowest BCUT2D eigenvalue weighted by atomic mass is 10.0. The first kappa shape index (κ1) is 82.2. The fraction of sp³-hybridized carbons (Fsp3) is 0.959. The van der Waals surface area contributed by atoms with Crippen molar-refractivity contribution >= 4 is 13.7 Å². The molecule has 0 saturated heterocycles. The normalized spacial score (nSPS) is 13.6. The SMILES string of the molecule is CCCCCCCCCCCCCCCCCCCCCC/C=C/C(O)C(COP(=O)(O)OCC[N+](C)(C)C)NC(=O)CCCCCCCCCCCCCCCCCCCCCCCCCCCCCCCCCCCCCCCCC. The highest BCUT2D eigenvalue weighted by Gasteiger charge is 2.28. The number of phosphoric acid groups is 1. The maximum absolute atomic E-state index is 13.1. The number of hydrogen-bond donors (Lipinski definition) is 3. The first-order valence-corrected chi connectivity index (χ1v) is 39.1. The van der Waals surface area contributed by atoms with Gasteiger partial charge in [0.1, 0.15) is 13.2 Å². The van der Waals surface area contributed by atoms with Crippen LogP contribution in [0.2, 0.25) is 0 Å². The summed E-state index contributed by atoms with van der Waals surface area (Å²) in [6.45, 7) is 4.89. The molecule has 0 aliphatic heterocycles. The number of rotatable bonds is 71. The number of aliphatic hydroxyl groups excluding tert-OH is 1. The van der Waals surface area contributed by atoms with Crippen LogP contribution in [0, 0.1) is 0 Å². The Morgan fingerprint density at radius 2 is 0.639 bits per heavy atom. The van der Waals surface area contributed by atoms with Gasteiger partial charge in [-0.15, -0.1) is 0 Å². The van der Waals surface area contributed by atoms with E-state index in [9.17, 15) is 19.4 Å². The summed E-state index contributed by atoms with van der Waals surface area (Å²) in [6, 6.07) is -0.844. The van der Waals surface area contributed by atoms with Gasteiger partial charge in [-0.3, -0.25) is 13.8 Å². The number of carbonyl (C=O) groups is 1. The standard InChI is InChI=1S/C74H149N2O6P/c1-6-8-10-12-14-16-18-20-22-24-26-28-30-31-32-33-34-35-36-37-38-39-40-41-42-43-44-45-46-48-50-52-54-56-58-60-62-64-66-68-74(78)75-72(71-82-83(79,80)81-70-69-76(3,4)5)73(77)67-65-63-61-59-57-55-53-51-49-47-29-27-25-23-21-19-17-15-13-11-9-7-2/h65,67,72-73,77H,6-64,66,68-71H2,1-5H3,(H-,75,78,79,80)/p+1/b67-65+. The first-order chi connectivity index (χ1) is 40.5. The topological polar surface area (TPSA) is 105 Å². The van der Waals surface area contributed by atoms with E-state index < -0.39 is 20.0 Å². The Morgan fingerprint density at radius 1 is 0.398 bits per heavy atom. The van der Waals surface area contributed by atoms with Crippen LogP contribution in [0.1, 0.15) is 406 Å². The van der Waals surface area contributed by atoms with Crippen LogP contribution in [0.25, 0.3) is 0 Å². The number of hydrogen-bond acceptors (Lipinski definition) is 5. The van der Waals surface area contributed by atoms with E-state index >= 15 is 0 Å². The number of quaternary nitrogens is 1. The summed E-state index contributed by atoms with van der Waals surface area (Å²) < 4.78 is 23.8. The number of aliphatic hydroxyl groups is 1. The molecule has 0 aromatic rings. The zero-order valence-electron chi connectivity index (χ0n) is 57.0. The maximum atomic E-state index is 13.1. The third-order valence-corrected chi connectivity index (χ3v) is 18.7. The second-order valence-electron chi connectivity index (χ2n) is 27.4. The minimum absolute atomic E-state index is 0.0655. The molecule has 0 saturated carbocycles. The lowest BCUT2D eigenvalue weighted by Gasteiger charge is -2.25. The van der Waals surface area contributed by atoms with Gasteiger partial charge in [0.2, 0.25) is 5.91 Å². The number of likely N-dealkylation sites (N-methyl/N-ethyl adjacent to an activating group) is 1. The molecule has 9 heteroatoms. The molecule has 3 N–H and O–H groups in total. The third-order valence-electron chi connectivity index (χ3n) is 17.8. The summed E-state index contributed by atoms with van der Waals surface area (Å²) in [5.74, 6) is -0.166. The number of nitrogens with one attached hydrogen (secondary N) is 1. The smallest absolute Gasteiger partial charge is 0.387 e. The molecule has 0 spiro atoms. The zero-order valence-corrected chi connectivity index (χ0v) is 57.9. The summed E-state index contributed by atoms with van der Waals surface area (Å²) in [5, 5.41) is 14.0. The molecule has 83 heavy (non-hydrogen) atoms. The number of carbonyl (C=O) groups excluding carboxylic acids is 1. The van der Waals surface area contributed by atoms with Gasteiger partial charge in [0.05, 0.1) is 39.9 Å². The van der Waals surface area contributed by atoms with Crippen LogP contribution in [0.5, 0.6) is 0 Å². The van der Waals surface area contributed by atoms with E-state index in [2.05, 4.69) is 19.2 Å². The summed E-state index contributed by atoms with van der Waals surface area (Å²) in [6.07, 6.45) is 85.4. The quantitative estimate of drug-likeness (QED) is 0.0243. The Bertz CT molecular complexity index is 1360. The molecule has 496 valence electrons. The van der Waals surface area contributed by atoms with Crippen LogP contribution in [0.15, 0.2) is 12.2 Å². The molecule has 0 radical (unpaired) electrons. The summed E-state index contributed by atoms with van der Waals surface area (Å²) >= 11 is 0. The Hall–Kier alpha value is -0.760. The van der Waals surface area contributed by atoms with E-state index in [-0.39, 0.29) is 19.1 Å². The van der Waals surface area contributed by atoms with E-state index in [1.54, 1.807) is 6.08 Å². The summed E-state index contributed by atoms with van der Waals surface area (Å²) in [7, 11) is 1.60. The lowest BCUT2D eigenvalue weighted by Crippen LogP contribution is -2.45. The predicted molar refractivity (Wildman–Crippen MR) is 365 cm³/mol. The molecule has 8 nitrogen and oxygen atoms in total. The number of phosphoric ester groups is 1. The van der Waals surface area contributed by atoms with Gasteiger partial charge in [-0.1, -0.05) is 392 Å². The number of amides is 1. The number of allylic oxidation sites excluding steroid dienone is 1. The van der Waals surface area contributed by atoms with E-state index in [1.165, 1.54) is 353 Å². The van der Waals surface area contributed by atoms with Gasteiger partial charge in [-0.2, -0.15) is 0 Å². The van der Waals surface area contributed by atoms with E-state index in [0.717, 1.165) is 32.1 Å². The molecule has 0 heterocycles. The highest BCUT2D eigenvalue weighted by Crippen LogP contribution is 2.43. The van der Waals surface area contributed by atoms with E-state index in [0.29, 0.717) is 17.4 Å². The predicted octanol–water partition coefficient (Wildman–Crippen LogP) is 24.1. The molecule has 0 rings (SSSR count). The van der Waals surface area contributed by atoms with Crippen molar-refractivity contribution in [3.63, 3.8) is 0 Å². The largest absolute Gasteiger partial charge is 0.472 e. The fourth-order valence-electron chi connectivity index (χ4n) is 11.9. The zero-order chi connectivity index (χ0) is 60.5. The van der Waals surface area contributed by atoms with Crippen LogP contribution >= 0.6 is 7.82 Å². The van der Waals surface area contributed by atoms with Crippen molar-refractivity contribution in [2.75, 3.05) is 40.9 Å². The van der Waals surface area contributed by atoms with Crippen LogP contribution in [0.4, 0.5) is 0 Å².